The van der Waals surface area contributed by atoms with Crippen molar-refractivity contribution >= 4 is 33.4 Å². The van der Waals surface area contributed by atoms with Crippen LogP contribution in [0.25, 0.3) is 21.5 Å². The summed E-state index contributed by atoms with van der Waals surface area (Å²) in [6, 6.07) is 18.5. The van der Waals surface area contributed by atoms with Crippen LogP contribution in [0.5, 0.6) is 0 Å². The van der Waals surface area contributed by atoms with Crippen molar-refractivity contribution in [3.05, 3.63) is 60.2 Å². The number of rotatable bonds is 5. The highest BCUT2D eigenvalue weighted by atomic mass is 16.5. The van der Waals surface area contributed by atoms with Gasteiger partial charge in [0.05, 0.1) is 18.7 Å². The van der Waals surface area contributed by atoms with E-state index in [2.05, 4.69) is 5.32 Å². The second kappa shape index (κ2) is 7.88. The van der Waals surface area contributed by atoms with Gasteiger partial charge >= 0.3 is 5.97 Å². The van der Waals surface area contributed by atoms with E-state index in [0.717, 1.165) is 21.5 Å². The van der Waals surface area contributed by atoms with E-state index in [-0.39, 0.29) is 18.2 Å². The monoisotopic (exact) mass is 360 g/mol. The Morgan fingerprint density at radius 2 is 1.63 bits per heavy atom. The van der Waals surface area contributed by atoms with Crippen LogP contribution in [0.15, 0.2) is 54.6 Å². The number of nitriles is 1. The summed E-state index contributed by atoms with van der Waals surface area (Å²) in [5, 5.41) is 15.3. The van der Waals surface area contributed by atoms with Gasteiger partial charge in [0.25, 0.3) is 5.91 Å². The van der Waals surface area contributed by atoms with Crippen molar-refractivity contribution in [2.24, 2.45) is 5.92 Å². The van der Waals surface area contributed by atoms with E-state index in [4.69, 9.17) is 10.00 Å². The topological polar surface area (TPSA) is 79.2 Å². The molecule has 0 aromatic heterocycles. The summed E-state index contributed by atoms with van der Waals surface area (Å²) in [6.07, 6.45) is 0.135. The van der Waals surface area contributed by atoms with Crippen LogP contribution in [0.3, 0.4) is 0 Å². The molecular formula is C22H20N2O3. The molecule has 0 fully saturated rings. The van der Waals surface area contributed by atoms with Crippen LogP contribution in [0.2, 0.25) is 0 Å². The number of nitrogens with zero attached hydrogens (tertiary/aromatic N) is 1. The van der Waals surface area contributed by atoms with Crippen LogP contribution < -0.4 is 5.32 Å². The van der Waals surface area contributed by atoms with Crippen LogP contribution >= 0.6 is 0 Å². The number of benzene rings is 3. The molecular weight excluding hydrogens is 340 g/mol. The average Bonchev–Trinajstić information content (AvgIpc) is 2.69. The number of fused-ring (bicyclic) bond motifs is 2. The summed E-state index contributed by atoms with van der Waals surface area (Å²) < 4.78 is 4.83. The minimum atomic E-state index is -0.889. The minimum absolute atomic E-state index is 0.135. The molecule has 0 radical (unpaired) electrons. The standard InChI is InChI=1S/C22H20N2O3/c1-14(11-12-23)20(22(26)27-2)24-21(25)19-17-9-5-3-7-15(17)13-16-8-4-6-10-18(16)19/h3-10,13-14,20H,11H2,1-2H3,(H,24,25)/t14-,20+/m0/s1. The van der Waals surface area contributed by atoms with Gasteiger partial charge in [-0.25, -0.2) is 4.79 Å². The first-order valence-electron chi connectivity index (χ1n) is 8.73. The third-order valence-corrected chi connectivity index (χ3v) is 4.72. The highest BCUT2D eigenvalue weighted by Crippen LogP contribution is 2.28. The summed E-state index contributed by atoms with van der Waals surface area (Å²) in [7, 11) is 1.27. The van der Waals surface area contributed by atoms with Gasteiger partial charge in [-0.1, -0.05) is 55.5 Å². The zero-order valence-corrected chi connectivity index (χ0v) is 15.2. The molecule has 3 aromatic rings. The minimum Gasteiger partial charge on any atom is -0.467 e. The predicted molar refractivity (Wildman–Crippen MR) is 104 cm³/mol. The van der Waals surface area contributed by atoms with Crippen LogP contribution in [0.4, 0.5) is 0 Å². The lowest BCUT2D eigenvalue weighted by Gasteiger charge is -2.22. The van der Waals surface area contributed by atoms with Crippen LogP contribution in [0.1, 0.15) is 23.7 Å². The molecule has 1 amide bonds. The number of carbonyl (C=O) groups excluding carboxylic acids is 2. The van der Waals surface area contributed by atoms with Crippen LogP contribution in [0, 0.1) is 17.2 Å². The maximum Gasteiger partial charge on any atom is 0.328 e. The summed E-state index contributed by atoms with van der Waals surface area (Å²) in [5.74, 6) is -1.29. The Morgan fingerprint density at radius 3 is 2.15 bits per heavy atom. The first-order chi connectivity index (χ1) is 13.1. The van der Waals surface area contributed by atoms with E-state index >= 15 is 0 Å². The Hall–Kier alpha value is -3.39. The summed E-state index contributed by atoms with van der Waals surface area (Å²) >= 11 is 0. The van der Waals surface area contributed by atoms with Crippen LogP contribution in [-0.4, -0.2) is 25.0 Å². The van der Waals surface area contributed by atoms with Gasteiger partial charge in [0.15, 0.2) is 0 Å². The van der Waals surface area contributed by atoms with Gasteiger partial charge in [-0.05, 0) is 27.6 Å². The Morgan fingerprint density at radius 1 is 1.07 bits per heavy atom. The SMILES string of the molecule is COC(=O)[C@H](NC(=O)c1c2ccccc2cc2ccccc12)[C@@H](C)CC#N. The third kappa shape index (κ3) is 3.61. The highest BCUT2D eigenvalue weighted by Gasteiger charge is 2.29. The first-order valence-corrected chi connectivity index (χ1v) is 8.73. The summed E-state index contributed by atoms with van der Waals surface area (Å²) in [6.45, 7) is 1.74. The number of hydrogen-bond acceptors (Lipinski definition) is 4. The number of amides is 1. The Kier molecular flexibility index (Phi) is 5.37. The molecule has 1 N–H and O–H groups in total. The fourth-order valence-corrected chi connectivity index (χ4v) is 3.29. The predicted octanol–water partition coefficient (Wildman–Crippen LogP) is 3.81. The molecule has 136 valence electrons. The summed E-state index contributed by atoms with van der Waals surface area (Å²) in [4.78, 5) is 25.4. The largest absolute Gasteiger partial charge is 0.467 e. The zero-order valence-electron chi connectivity index (χ0n) is 15.2. The molecule has 0 saturated heterocycles. The molecule has 5 heteroatoms. The summed E-state index contributed by atoms with van der Waals surface area (Å²) in [5.41, 5.74) is 0.516. The number of ether oxygens (including phenoxy) is 1. The number of carbonyl (C=O) groups is 2. The molecule has 2 atom stereocenters. The van der Waals surface area contributed by atoms with Gasteiger partial charge in [0, 0.05) is 12.3 Å². The van der Waals surface area contributed by atoms with Crippen molar-refractivity contribution in [1.82, 2.24) is 5.32 Å². The van der Waals surface area contributed by atoms with Gasteiger partial charge < -0.3 is 10.1 Å². The Balaban J connectivity index is 2.10. The van der Waals surface area contributed by atoms with Crippen molar-refractivity contribution < 1.29 is 14.3 Å². The van der Waals surface area contributed by atoms with E-state index in [9.17, 15) is 9.59 Å². The zero-order chi connectivity index (χ0) is 19.4. The van der Waals surface area contributed by atoms with Crippen molar-refractivity contribution in [3.8, 4) is 6.07 Å². The molecule has 0 heterocycles. The fourth-order valence-electron chi connectivity index (χ4n) is 3.29. The lowest BCUT2D eigenvalue weighted by molar-refractivity contribution is -0.144. The smallest absolute Gasteiger partial charge is 0.328 e. The van der Waals surface area contributed by atoms with Gasteiger partial charge in [-0.15, -0.1) is 0 Å². The number of nitrogens with one attached hydrogen (secondary N) is 1. The van der Waals surface area contributed by atoms with E-state index in [1.807, 2.05) is 60.7 Å². The molecule has 0 aliphatic heterocycles. The Bertz CT molecular complexity index is 998. The molecule has 0 saturated carbocycles. The highest BCUT2D eigenvalue weighted by molar-refractivity contribution is 6.18. The maximum absolute atomic E-state index is 13.2. The maximum atomic E-state index is 13.2. The molecule has 3 rings (SSSR count). The molecule has 5 nitrogen and oxygen atoms in total. The first kappa shape index (κ1) is 18.4. The number of hydrogen-bond donors (Lipinski definition) is 1. The van der Waals surface area contributed by atoms with Gasteiger partial charge in [-0.3, -0.25) is 4.79 Å². The lowest BCUT2D eigenvalue weighted by atomic mass is 9.94. The van der Waals surface area contributed by atoms with Crippen LogP contribution in [-0.2, 0) is 9.53 Å². The molecule has 27 heavy (non-hydrogen) atoms. The third-order valence-electron chi connectivity index (χ3n) is 4.72. The van der Waals surface area contributed by atoms with Crippen molar-refractivity contribution in [3.63, 3.8) is 0 Å². The van der Waals surface area contributed by atoms with E-state index in [1.165, 1.54) is 7.11 Å². The molecule has 0 aliphatic carbocycles. The van der Waals surface area contributed by atoms with Gasteiger partial charge in [0.1, 0.15) is 6.04 Å². The molecule has 0 bridgehead atoms. The molecule has 0 spiro atoms. The average molecular weight is 360 g/mol. The van der Waals surface area contributed by atoms with E-state index < -0.39 is 12.0 Å². The number of esters is 1. The normalized spacial score (nSPS) is 12.9. The number of methoxy groups -OCH3 is 1. The van der Waals surface area contributed by atoms with E-state index in [0.29, 0.717) is 5.56 Å². The second-order valence-electron chi connectivity index (χ2n) is 6.51. The molecule has 3 aromatic carbocycles. The van der Waals surface area contributed by atoms with E-state index in [1.54, 1.807) is 6.92 Å². The Labute approximate surface area is 157 Å². The quantitative estimate of drug-likeness (QED) is 0.554. The fraction of sp³-hybridized carbons (Fsp3) is 0.227. The molecule has 0 aliphatic rings. The van der Waals surface area contributed by atoms with Gasteiger partial charge in [-0.2, -0.15) is 5.26 Å². The van der Waals surface area contributed by atoms with Crippen molar-refractivity contribution in [2.75, 3.05) is 7.11 Å². The van der Waals surface area contributed by atoms with Gasteiger partial charge in [0.2, 0.25) is 0 Å². The van der Waals surface area contributed by atoms with Crippen molar-refractivity contribution in [1.29, 1.82) is 5.26 Å². The molecule has 0 unspecified atom stereocenters. The second-order valence-corrected chi connectivity index (χ2v) is 6.51. The van der Waals surface area contributed by atoms with Crippen molar-refractivity contribution in [2.45, 2.75) is 19.4 Å². The lowest BCUT2D eigenvalue weighted by Crippen LogP contribution is -2.45.